The summed E-state index contributed by atoms with van der Waals surface area (Å²) in [6.45, 7) is 3.87. The van der Waals surface area contributed by atoms with Gasteiger partial charge in [-0.25, -0.2) is 10.4 Å². The molecule has 0 bridgehead atoms. The van der Waals surface area contributed by atoms with Crippen molar-refractivity contribution in [2.45, 2.75) is 26.7 Å². The number of phenols is 1. The van der Waals surface area contributed by atoms with E-state index < -0.39 is 0 Å². The molecule has 6 heteroatoms. The molecule has 2 aromatic rings. The summed E-state index contributed by atoms with van der Waals surface area (Å²) in [6, 6.07) is 6.74. The van der Waals surface area contributed by atoms with Gasteiger partial charge in [0, 0.05) is 5.38 Å². The average Bonchev–Trinajstić information content (AvgIpc) is 2.86. The van der Waals surface area contributed by atoms with E-state index in [9.17, 15) is 9.90 Å². The predicted octanol–water partition coefficient (Wildman–Crippen LogP) is 2.63. The first kappa shape index (κ1) is 15.2. The van der Waals surface area contributed by atoms with Gasteiger partial charge in [-0.1, -0.05) is 6.92 Å². The Morgan fingerprint density at radius 3 is 2.67 bits per heavy atom. The molecule has 0 radical (unpaired) electrons. The van der Waals surface area contributed by atoms with Gasteiger partial charge in [0.1, 0.15) is 5.75 Å². The minimum Gasteiger partial charge on any atom is -0.508 e. The highest BCUT2D eigenvalue weighted by molar-refractivity contribution is 7.09. The Balaban J connectivity index is 2.00. The second kappa shape index (κ2) is 6.99. The van der Waals surface area contributed by atoms with Gasteiger partial charge in [0.05, 0.1) is 22.8 Å². The third-order valence-corrected chi connectivity index (χ3v) is 3.68. The van der Waals surface area contributed by atoms with E-state index in [1.165, 1.54) is 11.3 Å². The van der Waals surface area contributed by atoms with Gasteiger partial charge >= 0.3 is 0 Å². The van der Waals surface area contributed by atoms with E-state index in [1.807, 2.05) is 19.2 Å². The quantitative estimate of drug-likeness (QED) is 0.658. The Hall–Kier alpha value is -2.21. The minimum atomic E-state index is -0.190. The maximum Gasteiger partial charge on any atom is 0.246 e. The summed E-state index contributed by atoms with van der Waals surface area (Å²) in [6.07, 6.45) is 0.904. The lowest BCUT2D eigenvalue weighted by molar-refractivity contribution is -0.120. The summed E-state index contributed by atoms with van der Waals surface area (Å²) >= 11 is 1.52. The fourth-order valence-corrected chi connectivity index (χ4v) is 2.44. The van der Waals surface area contributed by atoms with Crippen LogP contribution >= 0.6 is 11.3 Å². The van der Waals surface area contributed by atoms with Crippen LogP contribution in [0.2, 0.25) is 0 Å². The number of aromatic nitrogens is 1. The predicted molar refractivity (Wildman–Crippen MR) is 83.6 cm³/mol. The van der Waals surface area contributed by atoms with Gasteiger partial charge in [-0.3, -0.25) is 4.79 Å². The molecule has 21 heavy (non-hydrogen) atoms. The van der Waals surface area contributed by atoms with Crippen molar-refractivity contribution in [2.75, 3.05) is 0 Å². The number of phenolic OH excluding ortho intramolecular Hbond substituents is 1. The number of thiazole rings is 1. The van der Waals surface area contributed by atoms with Crippen LogP contribution in [-0.2, 0) is 11.2 Å². The van der Waals surface area contributed by atoms with Crippen LogP contribution in [-0.4, -0.2) is 21.7 Å². The molecular formula is C15H17N3O2S. The van der Waals surface area contributed by atoms with Gasteiger partial charge in [-0.2, -0.15) is 5.10 Å². The number of hydrogen-bond donors (Lipinski definition) is 2. The number of hydrogen-bond acceptors (Lipinski definition) is 5. The first-order valence-electron chi connectivity index (χ1n) is 6.64. The minimum absolute atomic E-state index is 0.190. The molecule has 0 fully saturated rings. The van der Waals surface area contributed by atoms with Crippen LogP contribution in [0.3, 0.4) is 0 Å². The Kier molecular flexibility index (Phi) is 5.05. The molecule has 0 atom stereocenters. The number of nitrogens with one attached hydrogen (secondary N) is 1. The topological polar surface area (TPSA) is 74.6 Å². The summed E-state index contributed by atoms with van der Waals surface area (Å²) in [5.74, 6) is 0.0159. The number of hydrazone groups is 1. The van der Waals surface area contributed by atoms with Gasteiger partial charge in [0.25, 0.3) is 0 Å². The molecular weight excluding hydrogens is 286 g/mol. The zero-order valence-electron chi connectivity index (χ0n) is 12.0. The highest BCUT2D eigenvalue weighted by Crippen LogP contribution is 2.12. The molecule has 0 saturated heterocycles. The van der Waals surface area contributed by atoms with Gasteiger partial charge in [0.2, 0.25) is 5.91 Å². The molecule has 1 aromatic carbocycles. The number of carbonyl (C=O) groups is 1. The van der Waals surface area contributed by atoms with E-state index in [2.05, 4.69) is 15.5 Å². The number of aryl methyl sites for hydroxylation is 1. The van der Waals surface area contributed by atoms with Crippen molar-refractivity contribution >= 4 is 23.0 Å². The Bertz CT molecular complexity index is 647. The number of aromatic hydroxyl groups is 1. The van der Waals surface area contributed by atoms with Crippen LogP contribution in [0, 0.1) is 6.92 Å². The summed E-state index contributed by atoms with van der Waals surface area (Å²) in [7, 11) is 0. The zero-order valence-corrected chi connectivity index (χ0v) is 12.8. The molecule has 2 rings (SSSR count). The van der Waals surface area contributed by atoms with E-state index in [-0.39, 0.29) is 18.1 Å². The van der Waals surface area contributed by atoms with Crippen LogP contribution in [0.15, 0.2) is 34.7 Å². The zero-order chi connectivity index (χ0) is 15.2. The van der Waals surface area contributed by atoms with Crippen molar-refractivity contribution in [1.29, 1.82) is 0 Å². The Morgan fingerprint density at radius 1 is 1.38 bits per heavy atom. The van der Waals surface area contributed by atoms with E-state index in [4.69, 9.17) is 0 Å². The van der Waals surface area contributed by atoms with Crippen molar-refractivity contribution in [2.24, 2.45) is 5.10 Å². The van der Waals surface area contributed by atoms with Gasteiger partial charge in [-0.05, 0) is 43.2 Å². The van der Waals surface area contributed by atoms with Crippen LogP contribution in [0.5, 0.6) is 5.75 Å². The van der Waals surface area contributed by atoms with Gasteiger partial charge in [-0.15, -0.1) is 11.3 Å². The molecule has 1 heterocycles. The highest BCUT2D eigenvalue weighted by Gasteiger charge is 2.07. The number of nitrogens with zero attached hydrogens (tertiary/aromatic N) is 2. The molecule has 0 unspecified atom stereocenters. The van der Waals surface area contributed by atoms with Crippen LogP contribution in [0.4, 0.5) is 0 Å². The summed E-state index contributed by atoms with van der Waals surface area (Å²) in [4.78, 5) is 16.1. The molecule has 0 aliphatic rings. The van der Waals surface area contributed by atoms with Crippen molar-refractivity contribution in [3.63, 3.8) is 0 Å². The lowest BCUT2D eigenvalue weighted by Crippen LogP contribution is -2.22. The van der Waals surface area contributed by atoms with Crippen molar-refractivity contribution in [3.8, 4) is 5.75 Å². The smallest absolute Gasteiger partial charge is 0.246 e. The number of carbonyl (C=O) groups excluding carboxylic acids is 1. The average molecular weight is 303 g/mol. The van der Waals surface area contributed by atoms with Crippen molar-refractivity contribution in [1.82, 2.24) is 10.4 Å². The SMILES string of the molecule is CC/C(=N\NC(=O)Cc1csc(C)n1)c1ccc(O)cc1. The standard InChI is InChI=1S/C15H17N3O2S/c1-3-14(11-4-6-13(19)7-5-11)17-18-15(20)8-12-9-21-10(2)16-12/h4-7,9,19H,3,8H2,1-2H3,(H,18,20)/b17-14+. The second-order valence-corrected chi connectivity index (χ2v) is 5.59. The normalized spacial score (nSPS) is 11.4. The van der Waals surface area contributed by atoms with Crippen LogP contribution < -0.4 is 5.43 Å². The molecule has 0 saturated carbocycles. The maximum atomic E-state index is 11.8. The second-order valence-electron chi connectivity index (χ2n) is 4.53. The van der Waals surface area contributed by atoms with Crippen LogP contribution in [0.25, 0.3) is 0 Å². The highest BCUT2D eigenvalue weighted by atomic mass is 32.1. The Morgan fingerprint density at radius 2 is 2.10 bits per heavy atom. The van der Waals surface area contributed by atoms with E-state index in [0.717, 1.165) is 22.0 Å². The molecule has 0 spiro atoms. The van der Waals surface area contributed by atoms with E-state index in [1.54, 1.807) is 24.3 Å². The molecule has 0 aliphatic carbocycles. The molecule has 1 aromatic heterocycles. The summed E-state index contributed by atoms with van der Waals surface area (Å²) in [5.41, 5.74) is 4.95. The van der Waals surface area contributed by atoms with Crippen molar-refractivity contribution < 1.29 is 9.90 Å². The van der Waals surface area contributed by atoms with Gasteiger partial charge in [0.15, 0.2) is 0 Å². The van der Waals surface area contributed by atoms with Gasteiger partial charge < -0.3 is 5.11 Å². The third kappa shape index (κ3) is 4.39. The summed E-state index contributed by atoms with van der Waals surface area (Å²) < 4.78 is 0. The lowest BCUT2D eigenvalue weighted by atomic mass is 10.1. The number of benzene rings is 1. The maximum absolute atomic E-state index is 11.8. The largest absolute Gasteiger partial charge is 0.508 e. The van der Waals surface area contributed by atoms with Crippen molar-refractivity contribution in [3.05, 3.63) is 45.9 Å². The first-order chi connectivity index (χ1) is 10.1. The fraction of sp³-hybridized carbons (Fsp3) is 0.267. The summed E-state index contributed by atoms with van der Waals surface area (Å²) in [5, 5.41) is 16.3. The molecule has 2 N–H and O–H groups in total. The molecule has 1 amide bonds. The number of amides is 1. The van der Waals surface area contributed by atoms with E-state index in [0.29, 0.717) is 6.42 Å². The van der Waals surface area contributed by atoms with E-state index >= 15 is 0 Å². The third-order valence-electron chi connectivity index (χ3n) is 2.86. The molecule has 110 valence electrons. The monoisotopic (exact) mass is 303 g/mol. The molecule has 0 aliphatic heterocycles. The van der Waals surface area contributed by atoms with Crippen LogP contribution in [0.1, 0.15) is 29.6 Å². The fourth-order valence-electron chi connectivity index (χ4n) is 1.82. The molecule has 5 nitrogen and oxygen atoms in total. The lowest BCUT2D eigenvalue weighted by Gasteiger charge is -2.05. The first-order valence-corrected chi connectivity index (χ1v) is 7.52. The number of rotatable bonds is 5. The Labute approximate surface area is 127 Å².